The van der Waals surface area contributed by atoms with Crippen LogP contribution in [0, 0.1) is 0 Å². The maximum Gasteiger partial charge on any atom is 0.255 e. The predicted octanol–water partition coefficient (Wildman–Crippen LogP) is 2.77. The number of carbonyl (C=O) groups is 1. The van der Waals surface area contributed by atoms with E-state index < -0.39 is 0 Å². The normalized spacial score (nSPS) is 18.6. The first kappa shape index (κ1) is 15.6. The van der Waals surface area contributed by atoms with Gasteiger partial charge in [0.1, 0.15) is 0 Å². The number of anilines is 1. The van der Waals surface area contributed by atoms with Gasteiger partial charge >= 0.3 is 0 Å². The standard InChI is InChI=1S/C18H21N3O2/c1-13(20-17-8-11-23-12-17)14-2-4-16(5-3-14)21-18(22)15-6-9-19-10-7-15/h2-7,9-10,13,17,20H,8,11-12H2,1H3,(H,21,22)/t13-,17+/m1/s1. The highest BCUT2D eigenvalue weighted by atomic mass is 16.5. The molecule has 2 N–H and O–H groups in total. The predicted molar refractivity (Wildman–Crippen MR) is 89.4 cm³/mol. The van der Waals surface area contributed by atoms with Crippen LogP contribution in [0.5, 0.6) is 0 Å². The Morgan fingerprint density at radius 1 is 1.22 bits per heavy atom. The first-order valence-electron chi connectivity index (χ1n) is 7.87. The van der Waals surface area contributed by atoms with Gasteiger partial charge in [-0.05, 0) is 43.2 Å². The summed E-state index contributed by atoms with van der Waals surface area (Å²) in [4.78, 5) is 16.0. The van der Waals surface area contributed by atoms with Gasteiger partial charge in [0, 0.05) is 42.3 Å². The highest BCUT2D eigenvalue weighted by Crippen LogP contribution is 2.18. The molecule has 1 saturated heterocycles. The van der Waals surface area contributed by atoms with Gasteiger partial charge in [-0.2, -0.15) is 0 Å². The van der Waals surface area contributed by atoms with Crippen molar-refractivity contribution < 1.29 is 9.53 Å². The fourth-order valence-corrected chi connectivity index (χ4v) is 2.68. The summed E-state index contributed by atoms with van der Waals surface area (Å²) in [6, 6.07) is 12.0. The molecule has 0 aliphatic carbocycles. The molecule has 2 heterocycles. The Balaban J connectivity index is 1.59. The zero-order valence-corrected chi connectivity index (χ0v) is 13.2. The Morgan fingerprint density at radius 2 is 1.96 bits per heavy atom. The summed E-state index contributed by atoms with van der Waals surface area (Å²) in [7, 11) is 0. The van der Waals surface area contributed by atoms with Crippen molar-refractivity contribution in [1.29, 1.82) is 0 Å². The molecule has 3 rings (SSSR count). The van der Waals surface area contributed by atoms with Crippen LogP contribution in [0.25, 0.3) is 0 Å². The van der Waals surface area contributed by atoms with Crippen molar-refractivity contribution in [3.8, 4) is 0 Å². The summed E-state index contributed by atoms with van der Waals surface area (Å²) in [5.41, 5.74) is 2.58. The Bertz CT molecular complexity index is 637. The number of benzene rings is 1. The van der Waals surface area contributed by atoms with Crippen molar-refractivity contribution in [3.63, 3.8) is 0 Å². The molecule has 2 aromatic rings. The number of rotatable bonds is 5. The second-order valence-electron chi connectivity index (χ2n) is 5.76. The van der Waals surface area contributed by atoms with Crippen molar-refractivity contribution in [1.82, 2.24) is 10.3 Å². The zero-order valence-electron chi connectivity index (χ0n) is 13.2. The number of nitrogens with zero attached hydrogens (tertiary/aromatic N) is 1. The molecule has 5 heteroatoms. The summed E-state index contributed by atoms with van der Waals surface area (Å²) < 4.78 is 5.38. The molecular formula is C18H21N3O2. The molecule has 120 valence electrons. The van der Waals surface area contributed by atoms with Gasteiger partial charge in [0.2, 0.25) is 0 Å². The first-order valence-corrected chi connectivity index (χ1v) is 7.87. The van der Waals surface area contributed by atoms with E-state index in [2.05, 4.69) is 22.5 Å². The van der Waals surface area contributed by atoms with E-state index in [9.17, 15) is 4.79 Å². The Kier molecular flexibility index (Phi) is 5.00. The fourth-order valence-electron chi connectivity index (χ4n) is 2.68. The molecule has 1 fully saturated rings. The summed E-state index contributed by atoms with van der Waals surface area (Å²) in [6.45, 7) is 3.76. The molecule has 5 nitrogen and oxygen atoms in total. The average Bonchev–Trinajstić information content (AvgIpc) is 3.09. The average molecular weight is 311 g/mol. The molecule has 0 unspecified atom stereocenters. The SMILES string of the molecule is C[C@@H](N[C@H]1CCOC1)c1ccc(NC(=O)c2ccncc2)cc1. The van der Waals surface area contributed by atoms with E-state index in [1.54, 1.807) is 24.5 Å². The van der Waals surface area contributed by atoms with Crippen LogP contribution in [0.2, 0.25) is 0 Å². The van der Waals surface area contributed by atoms with Crippen LogP contribution in [-0.4, -0.2) is 30.1 Å². The molecule has 0 bridgehead atoms. The third-order valence-corrected chi connectivity index (χ3v) is 4.03. The number of hydrogen-bond acceptors (Lipinski definition) is 4. The number of carbonyl (C=O) groups excluding carboxylic acids is 1. The van der Waals surface area contributed by atoms with Crippen LogP contribution in [0.4, 0.5) is 5.69 Å². The van der Waals surface area contributed by atoms with E-state index in [1.165, 1.54) is 5.56 Å². The fraction of sp³-hybridized carbons (Fsp3) is 0.333. The van der Waals surface area contributed by atoms with E-state index >= 15 is 0 Å². The zero-order chi connectivity index (χ0) is 16.1. The van der Waals surface area contributed by atoms with E-state index in [1.807, 2.05) is 24.3 Å². The summed E-state index contributed by atoms with van der Waals surface area (Å²) in [5.74, 6) is -0.130. The lowest BCUT2D eigenvalue weighted by molar-refractivity contribution is 0.102. The van der Waals surface area contributed by atoms with Gasteiger partial charge in [0.25, 0.3) is 5.91 Å². The lowest BCUT2D eigenvalue weighted by atomic mass is 10.1. The Morgan fingerprint density at radius 3 is 2.61 bits per heavy atom. The van der Waals surface area contributed by atoms with E-state index in [0.717, 1.165) is 25.3 Å². The van der Waals surface area contributed by atoms with Crippen molar-refractivity contribution in [2.24, 2.45) is 0 Å². The summed E-state index contributed by atoms with van der Waals surface area (Å²) >= 11 is 0. The van der Waals surface area contributed by atoms with Gasteiger partial charge in [-0.3, -0.25) is 9.78 Å². The number of aromatic nitrogens is 1. The minimum atomic E-state index is -0.130. The molecule has 23 heavy (non-hydrogen) atoms. The lowest BCUT2D eigenvalue weighted by Gasteiger charge is -2.19. The Hall–Kier alpha value is -2.24. The molecule has 0 radical (unpaired) electrons. The number of hydrogen-bond donors (Lipinski definition) is 2. The van der Waals surface area contributed by atoms with Crippen LogP contribution in [0.3, 0.4) is 0 Å². The van der Waals surface area contributed by atoms with Crippen molar-refractivity contribution in [3.05, 3.63) is 59.9 Å². The highest BCUT2D eigenvalue weighted by Gasteiger charge is 2.18. The quantitative estimate of drug-likeness (QED) is 0.891. The van der Waals surface area contributed by atoms with Gasteiger partial charge in [-0.25, -0.2) is 0 Å². The molecule has 1 aromatic heterocycles. The van der Waals surface area contributed by atoms with Crippen LogP contribution in [0.15, 0.2) is 48.8 Å². The van der Waals surface area contributed by atoms with E-state index in [-0.39, 0.29) is 11.9 Å². The number of amides is 1. The maximum atomic E-state index is 12.1. The molecule has 1 aromatic carbocycles. The topological polar surface area (TPSA) is 63.2 Å². The Labute approximate surface area is 136 Å². The van der Waals surface area contributed by atoms with Crippen molar-refractivity contribution in [2.75, 3.05) is 18.5 Å². The van der Waals surface area contributed by atoms with Crippen LogP contribution < -0.4 is 10.6 Å². The largest absolute Gasteiger partial charge is 0.380 e. The van der Waals surface area contributed by atoms with Crippen LogP contribution >= 0.6 is 0 Å². The summed E-state index contributed by atoms with van der Waals surface area (Å²) in [6.07, 6.45) is 4.28. The van der Waals surface area contributed by atoms with Crippen LogP contribution in [0.1, 0.15) is 35.3 Å². The monoisotopic (exact) mass is 311 g/mol. The molecule has 1 aliphatic rings. The number of nitrogens with one attached hydrogen (secondary N) is 2. The minimum absolute atomic E-state index is 0.130. The van der Waals surface area contributed by atoms with Crippen LogP contribution in [-0.2, 0) is 4.74 Å². The molecule has 1 aliphatic heterocycles. The molecule has 2 atom stereocenters. The van der Waals surface area contributed by atoms with Crippen molar-refractivity contribution >= 4 is 11.6 Å². The number of ether oxygens (including phenoxy) is 1. The third kappa shape index (κ3) is 4.15. The van der Waals surface area contributed by atoms with E-state index in [4.69, 9.17) is 4.74 Å². The van der Waals surface area contributed by atoms with Gasteiger partial charge in [-0.1, -0.05) is 12.1 Å². The lowest BCUT2D eigenvalue weighted by Crippen LogP contribution is -2.31. The molecule has 1 amide bonds. The highest BCUT2D eigenvalue weighted by molar-refractivity contribution is 6.04. The van der Waals surface area contributed by atoms with Gasteiger partial charge in [0.15, 0.2) is 0 Å². The molecular weight excluding hydrogens is 290 g/mol. The van der Waals surface area contributed by atoms with Gasteiger partial charge in [-0.15, -0.1) is 0 Å². The minimum Gasteiger partial charge on any atom is -0.380 e. The second-order valence-corrected chi connectivity index (χ2v) is 5.76. The maximum absolute atomic E-state index is 12.1. The first-order chi connectivity index (χ1) is 11.2. The molecule has 0 spiro atoms. The molecule has 0 saturated carbocycles. The number of pyridine rings is 1. The van der Waals surface area contributed by atoms with Crippen molar-refractivity contribution in [2.45, 2.75) is 25.4 Å². The van der Waals surface area contributed by atoms with Gasteiger partial charge in [0.05, 0.1) is 6.61 Å². The second kappa shape index (κ2) is 7.35. The third-order valence-electron chi connectivity index (χ3n) is 4.03. The van der Waals surface area contributed by atoms with E-state index in [0.29, 0.717) is 11.6 Å². The van der Waals surface area contributed by atoms with Gasteiger partial charge < -0.3 is 15.4 Å². The smallest absolute Gasteiger partial charge is 0.255 e. The summed E-state index contributed by atoms with van der Waals surface area (Å²) in [5, 5.41) is 6.45.